The number of rotatable bonds is 11. The smallest absolute Gasteiger partial charge is 0.338 e. The van der Waals surface area contributed by atoms with Crippen LogP contribution in [0.2, 0.25) is 0 Å². The first-order valence-corrected chi connectivity index (χ1v) is 13.5. The Kier molecular flexibility index (Phi) is 10.8. The van der Waals surface area contributed by atoms with Crippen LogP contribution in [-0.2, 0) is 14.3 Å². The quantitative estimate of drug-likeness (QED) is 0.184. The van der Waals surface area contributed by atoms with E-state index in [9.17, 15) is 14.4 Å². The molecule has 2 aromatic rings. The van der Waals surface area contributed by atoms with Crippen molar-refractivity contribution in [3.63, 3.8) is 0 Å². The Balaban J connectivity index is 1.70. The summed E-state index contributed by atoms with van der Waals surface area (Å²) in [5.74, 6) is 0.137. The summed E-state index contributed by atoms with van der Waals surface area (Å²) in [6, 6.07) is 7.31. The molecule has 3 amide bonds. The lowest BCUT2D eigenvalue weighted by Crippen LogP contribution is -2.45. The van der Waals surface area contributed by atoms with Gasteiger partial charge in [0, 0.05) is 15.7 Å². The molecule has 13 heteroatoms. The Bertz CT molecular complexity index is 1310. The number of hydrogen-bond acceptors (Lipinski definition) is 8. The molecule has 0 aliphatic carbocycles. The van der Waals surface area contributed by atoms with Gasteiger partial charge in [-0.2, -0.15) is 5.10 Å². The molecule has 208 valence electrons. The molecule has 0 bridgehead atoms. The summed E-state index contributed by atoms with van der Waals surface area (Å²) in [4.78, 5) is 37.0. The zero-order valence-corrected chi connectivity index (χ0v) is 24.9. The molecular weight excluding hydrogens is 640 g/mol. The maximum absolute atomic E-state index is 12.6. The first kappa shape index (κ1) is 30.0. The van der Waals surface area contributed by atoms with Gasteiger partial charge in [-0.3, -0.25) is 4.79 Å². The molecule has 11 nitrogen and oxygen atoms in total. The number of allylic oxidation sites excluding steroid dienone is 1. The van der Waals surface area contributed by atoms with Crippen LogP contribution in [0.1, 0.15) is 37.9 Å². The number of ether oxygens (including phenoxy) is 4. The molecule has 0 fully saturated rings. The molecular formula is C26H28Br2N4O7. The van der Waals surface area contributed by atoms with Gasteiger partial charge in [-0.15, -0.1) is 0 Å². The van der Waals surface area contributed by atoms with Crippen molar-refractivity contribution in [3.05, 3.63) is 61.7 Å². The molecule has 0 unspecified atom stereocenters. The fourth-order valence-corrected chi connectivity index (χ4v) is 5.10. The number of halogens is 2. The molecule has 1 heterocycles. The number of carbonyl (C=O) groups excluding carboxylic acids is 3. The Hall–Kier alpha value is -3.58. The topological polar surface area (TPSA) is 137 Å². The van der Waals surface area contributed by atoms with Crippen LogP contribution in [0.4, 0.5) is 4.79 Å². The average molecular weight is 668 g/mol. The number of hydrazone groups is 1. The Morgan fingerprint density at radius 3 is 2.56 bits per heavy atom. The third-order valence-corrected chi connectivity index (χ3v) is 6.41. The molecule has 0 aromatic heterocycles. The number of esters is 1. The standard InChI is InChI=1S/C26H28Br2N4O7/c1-5-37-24-16(9-17(27)11-18(24)28)12-29-32-21(33)13-39-19-8-7-15(10-20(19)36-4)23-22(25(34)38-6-2)14(3)30-26(35)31-23/h7-12,23H,5-6,13H2,1-4H3,(H,32,33)(H2,30,31,35)/b29-12-/t23-/m0/s1. The number of methoxy groups -OCH3 is 1. The van der Waals surface area contributed by atoms with Crippen molar-refractivity contribution in [1.29, 1.82) is 0 Å². The molecule has 0 saturated carbocycles. The summed E-state index contributed by atoms with van der Waals surface area (Å²) >= 11 is 6.87. The maximum atomic E-state index is 12.6. The van der Waals surface area contributed by atoms with Crippen LogP contribution in [-0.4, -0.2) is 51.1 Å². The molecule has 1 aliphatic heterocycles. The van der Waals surface area contributed by atoms with E-state index >= 15 is 0 Å². The monoisotopic (exact) mass is 666 g/mol. The van der Waals surface area contributed by atoms with Crippen LogP contribution in [0, 0.1) is 0 Å². The second kappa shape index (κ2) is 14.0. The van der Waals surface area contributed by atoms with Crippen molar-refractivity contribution in [2.45, 2.75) is 26.8 Å². The summed E-state index contributed by atoms with van der Waals surface area (Å²) in [7, 11) is 1.44. The third-order valence-electron chi connectivity index (χ3n) is 5.36. The van der Waals surface area contributed by atoms with E-state index in [4.69, 9.17) is 18.9 Å². The summed E-state index contributed by atoms with van der Waals surface area (Å²) in [5.41, 5.74) is 4.31. The van der Waals surface area contributed by atoms with Gasteiger partial charge in [0.05, 0.1) is 42.6 Å². The lowest BCUT2D eigenvalue weighted by Gasteiger charge is -2.28. The Morgan fingerprint density at radius 1 is 1.10 bits per heavy atom. The predicted molar refractivity (Wildman–Crippen MR) is 151 cm³/mol. The number of carbonyl (C=O) groups is 3. The number of amides is 3. The number of urea groups is 1. The fourth-order valence-electron chi connectivity index (χ4n) is 3.73. The highest BCUT2D eigenvalue weighted by Crippen LogP contribution is 2.35. The minimum absolute atomic E-state index is 0.187. The molecule has 0 radical (unpaired) electrons. The molecule has 3 N–H and O–H groups in total. The van der Waals surface area contributed by atoms with Crippen molar-refractivity contribution in [2.75, 3.05) is 26.9 Å². The minimum atomic E-state index is -0.766. The summed E-state index contributed by atoms with van der Waals surface area (Å²) < 4.78 is 23.4. The molecule has 3 rings (SSSR count). The Morgan fingerprint density at radius 2 is 1.87 bits per heavy atom. The van der Waals surface area contributed by atoms with Gasteiger partial charge in [0.15, 0.2) is 18.1 Å². The van der Waals surface area contributed by atoms with Gasteiger partial charge in [0.2, 0.25) is 0 Å². The van der Waals surface area contributed by atoms with Gasteiger partial charge in [-0.25, -0.2) is 15.0 Å². The van der Waals surface area contributed by atoms with E-state index in [0.717, 1.165) is 8.95 Å². The van der Waals surface area contributed by atoms with Gasteiger partial charge in [-0.1, -0.05) is 22.0 Å². The molecule has 1 atom stereocenters. The van der Waals surface area contributed by atoms with Crippen molar-refractivity contribution >= 4 is 56.0 Å². The number of nitrogens with zero attached hydrogens (tertiary/aromatic N) is 1. The Labute approximate surface area is 242 Å². The SMILES string of the molecule is CCOC(=O)C1=C(C)NC(=O)N[C@H]1c1ccc(OCC(=O)N/N=C\c2cc(Br)cc(Br)c2OCC)c(OC)c1. The van der Waals surface area contributed by atoms with Crippen molar-refractivity contribution < 1.29 is 33.3 Å². The highest BCUT2D eigenvalue weighted by molar-refractivity contribution is 9.11. The largest absolute Gasteiger partial charge is 0.493 e. The first-order chi connectivity index (χ1) is 18.7. The van der Waals surface area contributed by atoms with Crippen molar-refractivity contribution in [3.8, 4) is 17.2 Å². The van der Waals surface area contributed by atoms with Gasteiger partial charge >= 0.3 is 12.0 Å². The van der Waals surface area contributed by atoms with Gasteiger partial charge in [-0.05, 0) is 66.5 Å². The van der Waals surface area contributed by atoms with E-state index in [2.05, 4.69) is 53.0 Å². The molecule has 1 aliphatic rings. The van der Waals surface area contributed by atoms with Crippen LogP contribution < -0.4 is 30.3 Å². The highest BCUT2D eigenvalue weighted by Gasteiger charge is 2.32. The lowest BCUT2D eigenvalue weighted by atomic mass is 9.95. The van der Waals surface area contributed by atoms with E-state index in [1.54, 1.807) is 32.0 Å². The van der Waals surface area contributed by atoms with Crippen LogP contribution in [0.15, 0.2) is 55.6 Å². The normalized spacial score (nSPS) is 14.9. The second-order valence-corrected chi connectivity index (χ2v) is 9.79. The molecule has 0 spiro atoms. The zero-order chi connectivity index (χ0) is 28.5. The van der Waals surface area contributed by atoms with Gasteiger partial charge < -0.3 is 29.6 Å². The first-order valence-electron chi connectivity index (χ1n) is 11.9. The lowest BCUT2D eigenvalue weighted by molar-refractivity contribution is -0.139. The average Bonchev–Trinajstić information content (AvgIpc) is 2.88. The summed E-state index contributed by atoms with van der Waals surface area (Å²) in [5, 5.41) is 9.32. The van der Waals surface area contributed by atoms with Crippen molar-refractivity contribution in [1.82, 2.24) is 16.1 Å². The van der Waals surface area contributed by atoms with Crippen LogP contribution >= 0.6 is 31.9 Å². The summed E-state index contributed by atoms with van der Waals surface area (Å²) in [6.45, 7) is 5.51. The molecule has 39 heavy (non-hydrogen) atoms. The molecule has 0 saturated heterocycles. The van der Waals surface area contributed by atoms with Crippen LogP contribution in [0.5, 0.6) is 17.2 Å². The van der Waals surface area contributed by atoms with E-state index < -0.39 is 23.9 Å². The highest BCUT2D eigenvalue weighted by atomic mass is 79.9. The second-order valence-electron chi connectivity index (χ2n) is 8.02. The van der Waals surface area contributed by atoms with E-state index in [1.165, 1.54) is 13.3 Å². The minimum Gasteiger partial charge on any atom is -0.493 e. The van der Waals surface area contributed by atoms with Gasteiger partial charge in [0.1, 0.15) is 5.75 Å². The fraction of sp³-hybridized carbons (Fsp3) is 0.308. The van der Waals surface area contributed by atoms with E-state index in [1.807, 2.05) is 19.1 Å². The maximum Gasteiger partial charge on any atom is 0.338 e. The zero-order valence-electron chi connectivity index (χ0n) is 21.7. The molecule has 2 aromatic carbocycles. The third kappa shape index (κ3) is 7.73. The van der Waals surface area contributed by atoms with E-state index in [-0.39, 0.29) is 24.5 Å². The number of nitrogens with one attached hydrogen (secondary N) is 3. The van der Waals surface area contributed by atoms with Gasteiger partial charge in [0.25, 0.3) is 5.91 Å². The number of hydrogen-bond donors (Lipinski definition) is 3. The van der Waals surface area contributed by atoms with E-state index in [0.29, 0.717) is 34.9 Å². The van der Waals surface area contributed by atoms with Crippen LogP contribution in [0.3, 0.4) is 0 Å². The predicted octanol–water partition coefficient (Wildman–Crippen LogP) is 4.34. The van der Waals surface area contributed by atoms with Crippen molar-refractivity contribution in [2.24, 2.45) is 5.10 Å². The summed E-state index contributed by atoms with van der Waals surface area (Å²) in [6.07, 6.45) is 1.47. The number of benzene rings is 2. The van der Waals surface area contributed by atoms with Crippen LogP contribution in [0.25, 0.3) is 0 Å².